The minimum absolute atomic E-state index is 0.160. The zero-order valence-electron chi connectivity index (χ0n) is 16.5. The highest BCUT2D eigenvalue weighted by atomic mass is 16.5. The normalized spacial score (nSPS) is 18.6. The summed E-state index contributed by atoms with van der Waals surface area (Å²) in [6.45, 7) is 8.44. The molecule has 6 heteroatoms. The zero-order valence-corrected chi connectivity index (χ0v) is 16.5. The molecule has 2 aliphatic rings. The summed E-state index contributed by atoms with van der Waals surface area (Å²) in [6.07, 6.45) is 1.70. The molecule has 2 heterocycles. The van der Waals surface area contributed by atoms with Gasteiger partial charge in [0, 0.05) is 32.7 Å². The number of carbonyl (C=O) groups is 2. The van der Waals surface area contributed by atoms with Gasteiger partial charge in [0.2, 0.25) is 0 Å². The number of nitrogens with zero attached hydrogens (tertiary/aromatic N) is 3. The summed E-state index contributed by atoms with van der Waals surface area (Å²) in [5, 5.41) is 0. The third kappa shape index (κ3) is 4.00. The Morgan fingerprint density at radius 2 is 1.59 bits per heavy atom. The lowest BCUT2D eigenvalue weighted by Crippen LogP contribution is -2.46. The molecule has 0 spiro atoms. The Morgan fingerprint density at radius 1 is 0.926 bits per heavy atom. The Labute approximate surface area is 161 Å². The van der Waals surface area contributed by atoms with Gasteiger partial charge in [0.1, 0.15) is 11.4 Å². The van der Waals surface area contributed by atoms with Gasteiger partial charge in [-0.15, -0.1) is 0 Å². The van der Waals surface area contributed by atoms with Crippen LogP contribution in [-0.2, 0) is 9.59 Å². The number of likely N-dealkylation sites (N-methyl/N-ethyl adjacent to an activating group) is 1. The van der Waals surface area contributed by atoms with Gasteiger partial charge in [0.15, 0.2) is 0 Å². The van der Waals surface area contributed by atoms with Crippen LogP contribution in [-0.4, -0.2) is 72.9 Å². The third-order valence-corrected chi connectivity index (χ3v) is 5.03. The van der Waals surface area contributed by atoms with Crippen LogP contribution in [0.4, 0.5) is 0 Å². The molecule has 0 saturated carbocycles. The number of hydrogen-bond donors (Lipinski definition) is 0. The van der Waals surface area contributed by atoms with E-state index in [1.807, 2.05) is 31.2 Å². The molecule has 3 rings (SSSR count). The summed E-state index contributed by atoms with van der Waals surface area (Å²) in [5.74, 6) is 0.440. The van der Waals surface area contributed by atoms with Crippen molar-refractivity contribution in [3.8, 4) is 5.75 Å². The molecule has 1 fully saturated rings. The van der Waals surface area contributed by atoms with E-state index < -0.39 is 0 Å². The smallest absolute Gasteiger partial charge is 0.277 e. The number of rotatable bonds is 7. The van der Waals surface area contributed by atoms with E-state index in [0.29, 0.717) is 24.4 Å². The van der Waals surface area contributed by atoms with Crippen LogP contribution in [0, 0.1) is 0 Å². The van der Waals surface area contributed by atoms with E-state index in [9.17, 15) is 9.59 Å². The predicted octanol–water partition coefficient (Wildman–Crippen LogP) is 2.21. The fraction of sp³-hybridized carbons (Fsp3) is 0.524. The molecule has 0 N–H and O–H groups in total. The first-order valence-electron chi connectivity index (χ1n) is 9.84. The van der Waals surface area contributed by atoms with Crippen LogP contribution in [0.2, 0.25) is 0 Å². The monoisotopic (exact) mass is 371 g/mol. The number of ether oxygens (including phenoxy) is 1. The molecule has 1 aromatic rings. The predicted molar refractivity (Wildman–Crippen MR) is 105 cm³/mol. The lowest BCUT2D eigenvalue weighted by atomic mass is 10.0. The molecule has 0 radical (unpaired) electrons. The largest absolute Gasteiger partial charge is 0.494 e. The second-order valence-corrected chi connectivity index (χ2v) is 7.15. The average molecular weight is 371 g/mol. The summed E-state index contributed by atoms with van der Waals surface area (Å²) >= 11 is 0. The van der Waals surface area contributed by atoms with Crippen LogP contribution in [0.1, 0.15) is 32.3 Å². The van der Waals surface area contributed by atoms with Gasteiger partial charge >= 0.3 is 0 Å². The number of piperazine rings is 1. The number of hydrogen-bond acceptors (Lipinski definition) is 5. The van der Waals surface area contributed by atoms with Gasteiger partial charge in [0.05, 0.1) is 12.2 Å². The van der Waals surface area contributed by atoms with Crippen molar-refractivity contribution < 1.29 is 14.3 Å². The first-order valence-corrected chi connectivity index (χ1v) is 9.84. The van der Waals surface area contributed by atoms with Crippen molar-refractivity contribution >= 4 is 17.4 Å². The van der Waals surface area contributed by atoms with E-state index in [1.54, 1.807) is 0 Å². The lowest BCUT2D eigenvalue weighted by Gasteiger charge is -2.34. The van der Waals surface area contributed by atoms with Gasteiger partial charge in [-0.1, -0.05) is 26.0 Å². The maximum Gasteiger partial charge on any atom is 0.277 e. The van der Waals surface area contributed by atoms with Crippen molar-refractivity contribution in [2.24, 2.45) is 0 Å². The highest BCUT2D eigenvalue weighted by Gasteiger charge is 2.41. The third-order valence-electron chi connectivity index (χ3n) is 5.03. The summed E-state index contributed by atoms with van der Waals surface area (Å²) in [6, 6.07) is 7.52. The average Bonchev–Trinajstić information content (AvgIpc) is 2.92. The van der Waals surface area contributed by atoms with E-state index in [2.05, 4.69) is 23.8 Å². The van der Waals surface area contributed by atoms with E-state index in [-0.39, 0.29) is 11.8 Å². The minimum atomic E-state index is -0.182. The van der Waals surface area contributed by atoms with Crippen LogP contribution in [0.15, 0.2) is 30.0 Å². The summed E-state index contributed by atoms with van der Waals surface area (Å²) in [5.41, 5.74) is 1.87. The Morgan fingerprint density at radius 3 is 2.19 bits per heavy atom. The van der Waals surface area contributed by atoms with Gasteiger partial charge in [-0.05, 0) is 37.6 Å². The molecule has 1 aromatic carbocycles. The quantitative estimate of drug-likeness (QED) is 0.688. The first kappa shape index (κ1) is 19.4. The van der Waals surface area contributed by atoms with Crippen molar-refractivity contribution in [2.45, 2.75) is 26.7 Å². The van der Waals surface area contributed by atoms with Gasteiger partial charge < -0.3 is 14.5 Å². The fourth-order valence-electron chi connectivity index (χ4n) is 3.51. The molecule has 27 heavy (non-hydrogen) atoms. The highest BCUT2D eigenvalue weighted by Crippen LogP contribution is 2.33. The van der Waals surface area contributed by atoms with Crippen molar-refractivity contribution in [1.29, 1.82) is 0 Å². The second-order valence-electron chi connectivity index (χ2n) is 7.15. The molecule has 2 amide bonds. The maximum atomic E-state index is 13.1. The molecule has 0 atom stereocenters. The highest BCUT2D eigenvalue weighted by molar-refractivity contribution is 6.35. The molecule has 6 nitrogen and oxygen atoms in total. The Bertz CT molecular complexity index is 719. The maximum absolute atomic E-state index is 13.1. The molecule has 146 valence electrons. The number of amides is 2. The molecule has 0 bridgehead atoms. The molecule has 0 unspecified atom stereocenters. The van der Waals surface area contributed by atoms with Crippen molar-refractivity contribution in [3.05, 3.63) is 35.5 Å². The zero-order chi connectivity index (χ0) is 19.4. The van der Waals surface area contributed by atoms with E-state index in [0.717, 1.165) is 50.3 Å². The molecule has 0 aliphatic carbocycles. The standard InChI is InChI=1S/C21H29N3O3/c1-4-10-24-20(25)18(16-6-8-17(9-7-16)27-15-5-2)19(21(24)26)23-13-11-22(3)12-14-23/h6-9H,4-5,10-15H2,1-3H3. The molecular weight excluding hydrogens is 342 g/mol. The minimum Gasteiger partial charge on any atom is -0.494 e. The van der Waals surface area contributed by atoms with E-state index in [4.69, 9.17) is 4.74 Å². The van der Waals surface area contributed by atoms with Gasteiger partial charge in [0.25, 0.3) is 11.8 Å². The van der Waals surface area contributed by atoms with Crippen molar-refractivity contribution in [2.75, 3.05) is 46.4 Å². The Hall–Kier alpha value is -2.34. The van der Waals surface area contributed by atoms with E-state index in [1.165, 1.54) is 4.90 Å². The topological polar surface area (TPSA) is 53.1 Å². The van der Waals surface area contributed by atoms with Crippen LogP contribution >= 0.6 is 0 Å². The molecule has 1 saturated heterocycles. The number of benzene rings is 1. The second kappa shape index (κ2) is 8.57. The molecule has 0 aromatic heterocycles. The van der Waals surface area contributed by atoms with Crippen LogP contribution in [0.5, 0.6) is 5.75 Å². The van der Waals surface area contributed by atoms with Crippen LogP contribution in [0.25, 0.3) is 5.57 Å². The van der Waals surface area contributed by atoms with Crippen LogP contribution in [0.3, 0.4) is 0 Å². The van der Waals surface area contributed by atoms with E-state index >= 15 is 0 Å². The summed E-state index contributed by atoms with van der Waals surface area (Å²) in [4.78, 5) is 31.8. The SMILES string of the molecule is CCCOc1ccc(C2=C(N3CCN(C)CC3)C(=O)N(CCC)C2=O)cc1. The first-order chi connectivity index (χ1) is 13.1. The Kier molecular flexibility index (Phi) is 6.16. The lowest BCUT2D eigenvalue weighted by molar-refractivity contribution is -0.137. The van der Waals surface area contributed by atoms with Gasteiger partial charge in [-0.25, -0.2) is 0 Å². The number of imide groups is 1. The van der Waals surface area contributed by atoms with Gasteiger partial charge in [-0.2, -0.15) is 0 Å². The van der Waals surface area contributed by atoms with Crippen molar-refractivity contribution in [3.63, 3.8) is 0 Å². The summed E-state index contributed by atoms with van der Waals surface area (Å²) < 4.78 is 5.64. The molecule has 2 aliphatic heterocycles. The summed E-state index contributed by atoms with van der Waals surface area (Å²) in [7, 11) is 2.08. The Balaban J connectivity index is 1.95. The van der Waals surface area contributed by atoms with Crippen molar-refractivity contribution in [1.82, 2.24) is 14.7 Å². The fourth-order valence-corrected chi connectivity index (χ4v) is 3.51. The molecular formula is C21H29N3O3. The number of carbonyl (C=O) groups excluding carboxylic acids is 2. The van der Waals surface area contributed by atoms with Gasteiger partial charge in [-0.3, -0.25) is 14.5 Å². The van der Waals surface area contributed by atoms with Crippen LogP contribution < -0.4 is 4.74 Å².